The van der Waals surface area contributed by atoms with Crippen LogP contribution in [0.4, 0.5) is 11.4 Å². The lowest BCUT2D eigenvalue weighted by Crippen LogP contribution is -2.05. The Morgan fingerprint density at radius 3 is 2.63 bits per heavy atom. The van der Waals surface area contributed by atoms with Crippen molar-refractivity contribution < 1.29 is 9.90 Å². The number of carboxylic acids is 1. The molecule has 0 aliphatic rings. The Bertz CT molecular complexity index is 645. The number of aromatic carboxylic acids is 1. The molecule has 0 amide bonds. The summed E-state index contributed by atoms with van der Waals surface area (Å²) in [6.45, 7) is 1.90. The fraction of sp³-hybridized carbons (Fsp3) is 0.0769. The van der Waals surface area contributed by atoms with E-state index in [-0.39, 0.29) is 21.4 Å². The second kappa shape index (κ2) is 5.47. The van der Waals surface area contributed by atoms with Gasteiger partial charge in [-0.25, -0.2) is 9.78 Å². The van der Waals surface area contributed by atoms with Crippen LogP contribution >= 0.6 is 23.2 Å². The molecule has 1 aromatic carbocycles. The van der Waals surface area contributed by atoms with Gasteiger partial charge in [-0.1, -0.05) is 41.4 Å². The third kappa shape index (κ3) is 2.80. The van der Waals surface area contributed by atoms with Gasteiger partial charge in [-0.05, 0) is 18.6 Å². The number of rotatable bonds is 3. The van der Waals surface area contributed by atoms with Crippen LogP contribution in [0.5, 0.6) is 0 Å². The molecule has 4 nitrogen and oxygen atoms in total. The number of aryl methyl sites for hydroxylation is 1. The molecule has 6 heteroatoms. The summed E-state index contributed by atoms with van der Waals surface area (Å²) in [4.78, 5) is 14.9. The van der Waals surface area contributed by atoms with Gasteiger partial charge in [0.2, 0.25) is 0 Å². The van der Waals surface area contributed by atoms with Crippen molar-refractivity contribution in [1.29, 1.82) is 0 Å². The minimum atomic E-state index is -1.12. The summed E-state index contributed by atoms with van der Waals surface area (Å²) in [5.74, 6) is -1.12. The predicted molar refractivity (Wildman–Crippen MR) is 75.7 cm³/mol. The maximum Gasteiger partial charge on any atom is 0.339 e. The van der Waals surface area contributed by atoms with E-state index < -0.39 is 5.97 Å². The lowest BCUT2D eigenvalue weighted by molar-refractivity contribution is 0.0697. The molecule has 0 bridgehead atoms. The molecular weight excluding hydrogens is 287 g/mol. The van der Waals surface area contributed by atoms with Crippen molar-refractivity contribution in [3.05, 3.63) is 51.8 Å². The van der Waals surface area contributed by atoms with Crippen LogP contribution in [0.1, 0.15) is 15.9 Å². The van der Waals surface area contributed by atoms with E-state index in [2.05, 4.69) is 10.3 Å². The minimum absolute atomic E-state index is 0.0300. The molecule has 1 heterocycles. The normalized spacial score (nSPS) is 10.3. The number of carboxylic acid groups (broad SMARTS) is 1. The van der Waals surface area contributed by atoms with E-state index in [0.29, 0.717) is 0 Å². The largest absolute Gasteiger partial charge is 0.478 e. The SMILES string of the molecule is Cc1ccccc1Nc1c(C(=O)O)cnc(Cl)c1Cl. The van der Waals surface area contributed by atoms with Gasteiger partial charge in [0.15, 0.2) is 0 Å². The Morgan fingerprint density at radius 2 is 2.00 bits per heavy atom. The van der Waals surface area contributed by atoms with Gasteiger partial charge in [-0.2, -0.15) is 0 Å². The molecule has 2 aromatic rings. The molecule has 2 rings (SSSR count). The van der Waals surface area contributed by atoms with Crippen molar-refractivity contribution in [3.63, 3.8) is 0 Å². The number of nitrogens with one attached hydrogen (secondary N) is 1. The second-order valence-corrected chi connectivity index (χ2v) is 4.63. The molecule has 0 atom stereocenters. The lowest BCUT2D eigenvalue weighted by Gasteiger charge is -2.13. The Balaban J connectivity index is 2.53. The molecule has 98 valence electrons. The number of carbonyl (C=O) groups is 1. The van der Waals surface area contributed by atoms with Crippen LogP contribution in [-0.2, 0) is 0 Å². The highest BCUT2D eigenvalue weighted by atomic mass is 35.5. The Labute approximate surface area is 120 Å². The van der Waals surface area contributed by atoms with E-state index in [4.69, 9.17) is 28.3 Å². The standard InChI is InChI=1S/C13H10Cl2N2O2/c1-7-4-2-3-5-9(7)17-11-8(13(18)19)6-16-12(15)10(11)14/h2-6H,1H3,(H,16,17)(H,18,19). The second-order valence-electron chi connectivity index (χ2n) is 3.90. The Hall–Kier alpha value is -1.78. The molecular formula is C13H10Cl2N2O2. The third-order valence-electron chi connectivity index (χ3n) is 2.61. The van der Waals surface area contributed by atoms with Crippen molar-refractivity contribution in [1.82, 2.24) is 4.98 Å². The van der Waals surface area contributed by atoms with Gasteiger partial charge in [-0.3, -0.25) is 0 Å². The van der Waals surface area contributed by atoms with Gasteiger partial charge >= 0.3 is 5.97 Å². The molecule has 0 radical (unpaired) electrons. The molecule has 0 aliphatic carbocycles. The average Bonchev–Trinajstić information content (AvgIpc) is 2.37. The number of anilines is 2. The van der Waals surface area contributed by atoms with Crippen molar-refractivity contribution in [3.8, 4) is 0 Å². The zero-order chi connectivity index (χ0) is 14.0. The molecule has 0 unspecified atom stereocenters. The van der Waals surface area contributed by atoms with E-state index in [0.717, 1.165) is 11.3 Å². The zero-order valence-electron chi connectivity index (χ0n) is 9.95. The molecule has 1 aromatic heterocycles. The number of nitrogens with zero attached hydrogens (tertiary/aromatic N) is 1. The van der Waals surface area contributed by atoms with E-state index >= 15 is 0 Å². The van der Waals surface area contributed by atoms with Crippen molar-refractivity contribution in [2.45, 2.75) is 6.92 Å². The van der Waals surface area contributed by atoms with Gasteiger partial charge in [0.25, 0.3) is 0 Å². The quantitative estimate of drug-likeness (QED) is 0.836. The first-order valence-electron chi connectivity index (χ1n) is 5.40. The number of halogens is 2. The summed E-state index contributed by atoms with van der Waals surface area (Å²) in [6.07, 6.45) is 1.18. The fourth-order valence-corrected chi connectivity index (χ4v) is 1.94. The number of hydrogen-bond acceptors (Lipinski definition) is 3. The highest BCUT2D eigenvalue weighted by molar-refractivity contribution is 6.43. The van der Waals surface area contributed by atoms with Gasteiger partial charge in [0.1, 0.15) is 15.7 Å². The molecule has 2 N–H and O–H groups in total. The summed E-state index contributed by atoms with van der Waals surface area (Å²) in [5.41, 5.74) is 1.93. The monoisotopic (exact) mass is 296 g/mol. The van der Waals surface area contributed by atoms with Crippen LogP contribution in [-0.4, -0.2) is 16.1 Å². The van der Waals surface area contributed by atoms with Crippen molar-refractivity contribution >= 4 is 40.5 Å². The number of para-hydroxylation sites is 1. The molecule has 0 saturated carbocycles. The van der Waals surface area contributed by atoms with Gasteiger partial charge < -0.3 is 10.4 Å². The summed E-state index contributed by atoms with van der Waals surface area (Å²) in [5, 5.41) is 12.3. The average molecular weight is 297 g/mol. The highest BCUT2D eigenvalue weighted by Gasteiger charge is 2.17. The van der Waals surface area contributed by atoms with Gasteiger partial charge in [-0.15, -0.1) is 0 Å². The number of pyridine rings is 1. The van der Waals surface area contributed by atoms with Crippen LogP contribution < -0.4 is 5.32 Å². The van der Waals surface area contributed by atoms with E-state index in [1.54, 1.807) is 0 Å². The molecule has 19 heavy (non-hydrogen) atoms. The summed E-state index contributed by atoms with van der Waals surface area (Å²) >= 11 is 11.8. The van der Waals surface area contributed by atoms with E-state index in [1.807, 2.05) is 31.2 Å². The number of hydrogen-bond donors (Lipinski definition) is 2. The number of benzene rings is 1. The smallest absolute Gasteiger partial charge is 0.339 e. The first-order valence-corrected chi connectivity index (χ1v) is 6.16. The molecule has 0 aliphatic heterocycles. The van der Waals surface area contributed by atoms with Crippen molar-refractivity contribution in [2.24, 2.45) is 0 Å². The zero-order valence-corrected chi connectivity index (χ0v) is 11.5. The van der Waals surface area contributed by atoms with E-state index in [9.17, 15) is 4.79 Å². The highest BCUT2D eigenvalue weighted by Crippen LogP contribution is 2.34. The summed E-state index contributed by atoms with van der Waals surface area (Å²) in [6, 6.07) is 7.46. The van der Waals surface area contributed by atoms with Crippen LogP contribution in [0.25, 0.3) is 0 Å². The summed E-state index contributed by atoms with van der Waals surface area (Å²) in [7, 11) is 0. The van der Waals surface area contributed by atoms with E-state index in [1.165, 1.54) is 6.20 Å². The third-order valence-corrected chi connectivity index (χ3v) is 3.36. The van der Waals surface area contributed by atoms with Crippen LogP contribution in [0.15, 0.2) is 30.5 Å². The lowest BCUT2D eigenvalue weighted by atomic mass is 10.1. The van der Waals surface area contributed by atoms with Crippen LogP contribution in [0.2, 0.25) is 10.2 Å². The van der Waals surface area contributed by atoms with Crippen LogP contribution in [0.3, 0.4) is 0 Å². The van der Waals surface area contributed by atoms with Crippen LogP contribution in [0, 0.1) is 6.92 Å². The Morgan fingerprint density at radius 1 is 1.32 bits per heavy atom. The Kier molecular flexibility index (Phi) is 3.93. The minimum Gasteiger partial charge on any atom is -0.478 e. The predicted octanol–water partition coefficient (Wildman–Crippen LogP) is 4.14. The topological polar surface area (TPSA) is 62.2 Å². The molecule has 0 fully saturated rings. The van der Waals surface area contributed by atoms with Gasteiger partial charge in [0, 0.05) is 11.9 Å². The number of aromatic nitrogens is 1. The molecule has 0 saturated heterocycles. The molecule has 0 spiro atoms. The fourth-order valence-electron chi connectivity index (χ4n) is 1.60. The first kappa shape index (κ1) is 13.6. The maximum absolute atomic E-state index is 11.2. The van der Waals surface area contributed by atoms with Crippen molar-refractivity contribution in [2.75, 3.05) is 5.32 Å². The van der Waals surface area contributed by atoms with Gasteiger partial charge in [0.05, 0.1) is 5.69 Å². The first-order chi connectivity index (χ1) is 9.00. The maximum atomic E-state index is 11.2. The summed E-state index contributed by atoms with van der Waals surface area (Å²) < 4.78 is 0.